The molecule has 0 heterocycles. The summed E-state index contributed by atoms with van der Waals surface area (Å²) in [6, 6.07) is 37.6. The quantitative estimate of drug-likeness (QED) is 0.229. The SMILES string of the molecule is O=P(O)(Oc1ccc(C2(c3ccccc3)CCCCC2)cc1)OC(Cc1ccccc1)c1ccccc1. The smallest absolute Gasteiger partial charge is 0.404 e. The van der Waals surface area contributed by atoms with Gasteiger partial charge in [-0.15, -0.1) is 0 Å². The topological polar surface area (TPSA) is 55.8 Å². The highest BCUT2D eigenvalue weighted by Gasteiger charge is 2.36. The minimum absolute atomic E-state index is 0.0362. The lowest BCUT2D eigenvalue weighted by atomic mass is 9.65. The molecular weight excluding hydrogens is 479 g/mol. The van der Waals surface area contributed by atoms with Gasteiger partial charge in [-0.2, -0.15) is 0 Å². The molecule has 5 heteroatoms. The van der Waals surface area contributed by atoms with Crippen molar-refractivity contribution in [1.82, 2.24) is 0 Å². The molecule has 1 aliphatic rings. The Morgan fingerprint density at radius 2 is 1.24 bits per heavy atom. The Hall–Kier alpha value is -3.17. The van der Waals surface area contributed by atoms with Gasteiger partial charge in [-0.3, -0.25) is 9.42 Å². The van der Waals surface area contributed by atoms with Crippen molar-refractivity contribution in [1.29, 1.82) is 0 Å². The van der Waals surface area contributed by atoms with E-state index in [1.54, 1.807) is 12.1 Å². The molecular formula is C32H33O4P. The van der Waals surface area contributed by atoms with E-state index in [-0.39, 0.29) is 5.41 Å². The lowest BCUT2D eigenvalue weighted by Crippen LogP contribution is -2.30. The van der Waals surface area contributed by atoms with Gasteiger partial charge in [0.25, 0.3) is 0 Å². The first-order valence-electron chi connectivity index (χ1n) is 13.0. The number of phosphoric acid groups is 1. The number of rotatable bonds is 9. The van der Waals surface area contributed by atoms with Gasteiger partial charge in [0.05, 0.1) is 6.10 Å². The Balaban J connectivity index is 1.35. The fraction of sp³-hybridized carbons (Fsp3) is 0.250. The molecule has 1 aliphatic carbocycles. The van der Waals surface area contributed by atoms with Crippen molar-refractivity contribution in [3.05, 3.63) is 138 Å². The maximum atomic E-state index is 13.1. The highest BCUT2D eigenvalue weighted by atomic mass is 31.2. The minimum Gasteiger partial charge on any atom is -0.404 e. The average Bonchev–Trinajstić information content (AvgIpc) is 2.95. The van der Waals surface area contributed by atoms with Gasteiger partial charge in [0.15, 0.2) is 0 Å². The molecule has 1 N–H and O–H groups in total. The fourth-order valence-corrected chi connectivity index (χ4v) is 6.47. The first kappa shape index (κ1) is 25.5. The van der Waals surface area contributed by atoms with Gasteiger partial charge in [0.2, 0.25) is 0 Å². The standard InChI is InChI=1S/C32H33O4P/c33-37(34,36-31(27-15-7-2-8-16-27)25-26-13-5-1-6-14-26)35-30-21-19-29(20-22-30)32(23-11-4-12-24-32)28-17-9-3-10-18-28/h1-3,5-10,13-22,31H,4,11-12,23-25H2,(H,33,34). The summed E-state index contributed by atoms with van der Waals surface area (Å²) in [7, 11) is -4.40. The summed E-state index contributed by atoms with van der Waals surface area (Å²) >= 11 is 0. The molecule has 0 saturated heterocycles. The van der Waals surface area contributed by atoms with Gasteiger partial charge >= 0.3 is 7.82 Å². The second-order valence-corrected chi connectivity index (χ2v) is 11.1. The summed E-state index contributed by atoms with van der Waals surface area (Å²) in [5, 5.41) is 0. The van der Waals surface area contributed by atoms with Crippen molar-refractivity contribution < 1.29 is 18.5 Å². The van der Waals surface area contributed by atoms with Crippen LogP contribution in [0.1, 0.15) is 60.5 Å². The van der Waals surface area contributed by atoms with Gasteiger partial charge in [-0.05, 0) is 47.2 Å². The summed E-state index contributed by atoms with van der Waals surface area (Å²) in [4.78, 5) is 10.7. The third kappa shape index (κ3) is 6.22. The van der Waals surface area contributed by atoms with Crippen LogP contribution in [-0.2, 0) is 20.9 Å². The predicted molar refractivity (Wildman–Crippen MR) is 148 cm³/mol. The molecule has 5 rings (SSSR count). The monoisotopic (exact) mass is 512 g/mol. The van der Waals surface area contributed by atoms with Crippen LogP contribution in [0.2, 0.25) is 0 Å². The second-order valence-electron chi connectivity index (χ2n) is 9.79. The summed E-state index contributed by atoms with van der Waals surface area (Å²) < 4.78 is 24.5. The van der Waals surface area contributed by atoms with E-state index in [0.717, 1.165) is 24.0 Å². The van der Waals surface area contributed by atoms with E-state index in [4.69, 9.17) is 9.05 Å². The average molecular weight is 513 g/mol. The van der Waals surface area contributed by atoms with Gasteiger partial charge in [-0.1, -0.05) is 122 Å². The molecule has 0 bridgehead atoms. The molecule has 2 unspecified atom stereocenters. The van der Waals surface area contributed by atoms with Crippen LogP contribution in [0.3, 0.4) is 0 Å². The summed E-state index contributed by atoms with van der Waals surface area (Å²) in [6.07, 6.45) is 5.66. The molecule has 0 spiro atoms. The molecule has 4 aromatic rings. The second kappa shape index (κ2) is 11.5. The van der Waals surface area contributed by atoms with Crippen LogP contribution < -0.4 is 4.52 Å². The summed E-state index contributed by atoms with van der Waals surface area (Å²) in [5.41, 5.74) is 4.34. The Morgan fingerprint density at radius 3 is 1.86 bits per heavy atom. The van der Waals surface area contributed by atoms with Gasteiger partial charge in [0, 0.05) is 11.8 Å². The van der Waals surface area contributed by atoms with Crippen LogP contribution in [0.25, 0.3) is 0 Å². The number of hydrogen-bond acceptors (Lipinski definition) is 3. The van der Waals surface area contributed by atoms with Gasteiger partial charge in [0.1, 0.15) is 5.75 Å². The van der Waals surface area contributed by atoms with Crippen LogP contribution in [-0.4, -0.2) is 4.89 Å². The largest absolute Gasteiger partial charge is 0.528 e. The Morgan fingerprint density at radius 1 is 0.703 bits per heavy atom. The molecule has 1 saturated carbocycles. The zero-order valence-corrected chi connectivity index (χ0v) is 21.8. The van der Waals surface area contributed by atoms with Crippen LogP contribution >= 0.6 is 7.82 Å². The minimum atomic E-state index is -4.40. The molecule has 190 valence electrons. The van der Waals surface area contributed by atoms with Crippen LogP contribution in [0.4, 0.5) is 0 Å². The molecule has 0 radical (unpaired) electrons. The molecule has 0 aliphatic heterocycles. The van der Waals surface area contributed by atoms with Crippen molar-refractivity contribution in [3.63, 3.8) is 0 Å². The first-order valence-corrected chi connectivity index (χ1v) is 14.5. The maximum Gasteiger partial charge on any atom is 0.528 e. The van der Waals surface area contributed by atoms with Crippen molar-refractivity contribution in [2.75, 3.05) is 0 Å². The highest BCUT2D eigenvalue weighted by molar-refractivity contribution is 7.47. The predicted octanol–water partition coefficient (Wildman–Crippen LogP) is 8.42. The lowest BCUT2D eigenvalue weighted by Gasteiger charge is -2.38. The summed E-state index contributed by atoms with van der Waals surface area (Å²) in [6.45, 7) is 0. The molecule has 4 aromatic carbocycles. The molecule has 1 fully saturated rings. The van der Waals surface area contributed by atoms with Crippen molar-refractivity contribution in [3.8, 4) is 5.75 Å². The zero-order chi connectivity index (χ0) is 25.6. The van der Waals surface area contributed by atoms with Gasteiger partial charge in [-0.25, -0.2) is 4.57 Å². The van der Waals surface area contributed by atoms with E-state index in [2.05, 4.69) is 30.3 Å². The molecule has 37 heavy (non-hydrogen) atoms. The number of hydrogen-bond donors (Lipinski definition) is 1. The van der Waals surface area contributed by atoms with E-state index < -0.39 is 13.9 Å². The molecule has 4 nitrogen and oxygen atoms in total. The van der Waals surface area contributed by atoms with Crippen molar-refractivity contribution >= 4 is 7.82 Å². The summed E-state index contributed by atoms with van der Waals surface area (Å²) in [5.74, 6) is 0.320. The number of benzene rings is 4. The third-order valence-electron chi connectivity index (χ3n) is 7.36. The van der Waals surface area contributed by atoms with E-state index in [0.29, 0.717) is 12.2 Å². The Bertz CT molecular complexity index is 1300. The highest BCUT2D eigenvalue weighted by Crippen LogP contribution is 2.50. The van der Waals surface area contributed by atoms with E-state index >= 15 is 0 Å². The molecule has 0 amide bonds. The normalized spacial score (nSPS) is 17.4. The zero-order valence-electron chi connectivity index (χ0n) is 20.9. The molecule has 2 atom stereocenters. The third-order valence-corrected chi connectivity index (χ3v) is 8.32. The Labute approximate surface area is 219 Å². The van der Waals surface area contributed by atoms with E-state index in [1.165, 1.54) is 30.4 Å². The Kier molecular flexibility index (Phi) is 7.90. The van der Waals surface area contributed by atoms with Crippen molar-refractivity contribution in [2.24, 2.45) is 0 Å². The first-order chi connectivity index (χ1) is 18.0. The number of phosphoric ester groups is 1. The van der Waals surface area contributed by atoms with Crippen LogP contribution in [0, 0.1) is 0 Å². The lowest BCUT2D eigenvalue weighted by molar-refractivity contribution is 0.138. The molecule has 0 aromatic heterocycles. The van der Waals surface area contributed by atoms with Gasteiger partial charge < -0.3 is 4.52 Å². The van der Waals surface area contributed by atoms with E-state index in [1.807, 2.05) is 72.8 Å². The van der Waals surface area contributed by atoms with Crippen molar-refractivity contribution in [2.45, 2.75) is 50.0 Å². The fourth-order valence-electron chi connectivity index (χ4n) is 5.52. The van der Waals surface area contributed by atoms with Crippen LogP contribution in [0.5, 0.6) is 5.75 Å². The van der Waals surface area contributed by atoms with Crippen LogP contribution in [0.15, 0.2) is 115 Å². The van der Waals surface area contributed by atoms with E-state index in [9.17, 15) is 9.46 Å². The maximum absolute atomic E-state index is 13.1.